The van der Waals surface area contributed by atoms with Crippen LogP contribution >= 0.6 is 0 Å². The molecule has 2 nitrogen and oxygen atoms in total. The summed E-state index contributed by atoms with van der Waals surface area (Å²) in [5, 5.41) is 9.61. The molecule has 0 radical (unpaired) electrons. The maximum Gasteiger partial charge on any atom is 0.0689 e. The Balaban J connectivity index is 1.60. The molecule has 25 heavy (non-hydrogen) atoms. The molecule has 2 aliphatic carbocycles. The summed E-state index contributed by atoms with van der Waals surface area (Å²) >= 11 is 0. The molecule has 0 saturated heterocycles. The zero-order valence-corrected chi connectivity index (χ0v) is 16.9. The molecule has 0 amide bonds. The third-order valence-electron chi connectivity index (χ3n) is 6.89. The van der Waals surface area contributed by atoms with Crippen molar-refractivity contribution in [3.63, 3.8) is 0 Å². The van der Waals surface area contributed by atoms with E-state index >= 15 is 0 Å². The monoisotopic (exact) mass is 347 g/mol. The minimum Gasteiger partial charge on any atom is -0.378 e. The number of nitriles is 1. The van der Waals surface area contributed by atoms with Crippen LogP contribution in [0.25, 0.3) is 0 Å². The number of ether oxygens (including phenoxy) is 1. The van der Waals surface area contributed by atoms with Crippen LogP contribution in [0.4, 0.5) is 0 Å². The number of rotatable bonds is 10. The lowest BCUT2D eigenvalue weighted by Crippen LogP contribution is -2.30. The van der Waals surface area contributed by atoms with Gasteiger partial charge < -0.3 is 4.74 Å². The first-order valence-electron chi connectivity index (χ1n) is 11.2. The van der Waals surface area contributed by atoms with Gasteiger partial charge in [-0.15, -0.1) is 0 Å². The van der Waals surface area contributed by atoms with Gasteiger partial charge in [-0.2, -0.15) is 5.26 Å². The molecule has 144 valence electrons. The summed E-state index contributed by atoms with van der Waals surface area (Å²) < 4.78 is 6.30. The van der Waals surface area contributed by atoms with Crippen molar-refractivity contribution in [2.45, 2.75) is 116 Å². The van der Waals surface area contributed by atoms with Crippen LogP contribution in [-0.2, 0) is 4.74 Å². The topological polar surface area (TPSA) is 33.0 Å². The molecule has 0 bridgehead atoms. The molecule has 2 rings (SSSR count). The van der Waals surface area contributed by atoms with Crippen LogP contribution in [0.2, 0.25) is 0 Å². The maximum atomic E-state index is 9.61. The lowest BCUT2D eigenvalue weighted by molar-refractivity contribution is -0.0134. The Labute approximate surface area is 156 Å². The summed E-state index contributed by atoms with van der Waals surface area (Å²) in [4.78, 5) is 0. The summed E-state index contributed by atoms with van der Waals surface area (Å²) in [6.07, 6.45) is 19.6. The van der Waals surface area contributed by atoms with Crippen molar-refractivity contribution in [1.29, 1.82) is 5.26 Å². The van der Waals surface area contributed by atoms with E-state index in [2.05, 4.69) is 19.9 Å². The van der Waals surface area contributed by atoms with Crippen LogP contribution in [0.1, 0.15) is 110 Å². The van der Waals surface area contributed by atoms with E-state index in [0.717, 1.165) is 31.8 Å². The number of unbranched alkanes of at least 4 members (excludes halogenated alkanes) is 3. The Morgan fingerprint density at radius 2 is 1.56 bits per heavy atom. The summed E-state index contributed by atoms with van der Waals surface area (Å²) in [5.41, 5.74) is -0.0109. The van der Waals surface area contributed by atoms with Crippen molar-refractivity contribution >= 4 is 0 Å². The minimum absolute atomic E-state index is 0.0109. The van der Waals surface area contributed by atoms with E-state index in [0.29, 0.717) is 12.0 Å². The van der Waals surface area contributed by atoms with E-state index in [1.165, 1.54) is 77.0 Å². The van der Waals surface area contributed by atoms with Gasteiger partial charge in [-0.3, -0.25) is 0 Å². The fourth-order valence-corrected chi connectivity index (χ4v) is 4.87. The maximum absolute atomic E-state index is 9.61. The quantitative estimate of drug-likeness (QED) is 0.397. The molecule has 0 heterocycles. The second-order valence-electron chi connectivity index (χ2n) is 8.91. The van der Waals surface area contributed by atoms with Gasteiger partial charge in [0.15, 0.2) is 0 Å². The molecule has 0 spiro atoms. The normalized spacial score (nSPS) is 33.1. The molecule has 0 unspecified atom stereocenters. The molecule has 0 aromatic rings. The van der Waals surface area contributed by atoms with Crippen LogP contribution in [0.5, 0.6) is 0 Å². The Bertz CT molecular complexity index is 383. The predicted octanol–water partition coefficient (Wildman–Crippen LogP) is 7.03. The molecule has 2 saturated carbocycles. The van der Waals surface area contributed by atoms with Crippen molar-refractivity contribution in [3.8, 4) is 6.07 Å². The molecule has 2 heteroatoms. The average Bonchev–Trinajstić information content (AvgIpc) is 2.67. The molecule has 0 atom stereocenters. The lowest BCUT2D eigenvalue weighted by Gasteiger charge is -2.36. The Morgan fingerprint density at radius 1 is 0.880 bits per heavy atom. The van der Waals surface area contributed by atoms with Crippen LogP contribution < -0.4 is 0 Å². The number of nitrogens with zero attached hydrogens (tertiary/aromatic N) is 1. The highest BCUT2D eigenvalue weighted by atomic mass is 16.5. The number of hydrogen-bond acceptors (Lipinski definition) is 2. The summed E-state index contributed by atoms with van der Waals surface area (Å²) in [7, 11) is 0. The Morgan fingerprint density at radius 3 is 2.16 bits per heavy atom. The van der Waals surface area contributed by atoms with Gasteiger partial charge in [0.2, 0.25) is 0 Å². The fourth-order valence-electron chi connectivity index (χ4n) is 4.87. The van der Waals surface area contributed by atoms with E-state index < -0.39 is 0 Å². The fraction of sp³-hybridized carbons (Fsp3) is 0.957. The Kier molecular flexibility index (Phi) is 9.32. The first-order chi connectivity index (χ1) is 12.2. The van der Waals surface area contributed by atoms with Crippen molar-refractivity contribution < 1.29 is 4.74 Å². The van der Waals surface area contributed by atoms with Crippen molar-refractivity contribution in [2.75, 3.05) is 6.61 Å². The van der Waals surface area contributed by atoms with Gasteiger partial charge >= 0.3 is 0 Å². The second kappa shape index (κ2) is 11.2. The van der Waals surface area contributed by atoms with Crippen molar-refractivity contribution in [3.05, 3.63) is 0 Å². The molecule has 2 aliphatic rings. The molecular formula is C23H41NO. The van der Waals surface area contributed by atoms with Gasteiger partial charge in [0.25, 0.3) is 0 Å². The minimum atomic E-state index is -0.0109. The first-order valence-corrected chi connectivity index (χ1v) is 11.2. The first kappa shape index (κ1) is 20.8. The van der Waals surface area contributed by atoms with Crippen LogP contribution in [0, 0.1) is 28.6 Å². The van der Waals surface area contributed by atoms with Crippen molar-refractivity contribution in [2.24, 2.45) is 17.3 Å². The molecule has 2 fully saturated rings. The third-order valence-corrected chi connectivity index (χ3v) is 6.89. The van der Waals surface area contributed by atoms with Crippen LogP contribution in [-0.4, -0.2) is 12.7 Å². The van der Waals surface area contributed by atoms with Crippen LogP contribution in [0.3, 0.4) is 0 Å². The van der Waals surface area contributed by atoms with E-state index in [1.54, 1.807) is 0 Å². The summed E-state index contributed by atoms with van der Waals surface area (Å²) in [5.74, 6) is 1.67. The largest absolute Gasteiger partial charge is 0.378 e. The molecule has 0 aliphatic heterocycles. The lowest BCUT2D eigenvalue weighted by atomic mass is 9.69. The molecule has 0 aromatic heterocycles. The average molecular weight is 348 g/mol. The highest BCUT2D eigenvalue weighted by molar-refractivity contribution is 5.01. The van der Waals surface area contributed by atoms with E-state index in [1.807, 2.05) is 0 Å². The second-order valence-corrected chi connectivity index (χ2v) is 8.91. The Hall–Kier alpha value is -0.550. The van der Waals surface area contributed by atoms with Gasteiger partial charge in [0, 0.05) is 6.61 Å². The smallest absolute Gasteiger partial charge is 0.0689 e. The zero-order chi connectivity index (χ0) is 18.0. The SMILES string of the molecule is CCCCC[C@H]1CC[C@H](OC[C@H]2CC[C@@](C#N)(CCCC)CC2)CC1. The van der Waals surface area contributed by atoms with Gasteiger partial charge in [-0.25, -0.2) is 0 Å². The van der Waals surface area contributed by atoms with Crippen molar-refractivity contribution in [1.82, 2.24) is 0 Å². The summed E-state index contributed by atoms with van der Waals surface area (Å²) in [6.45, 7) is 5.46. The zero-order valence-electron chi connectivity index (χ0n) is 16.9. The molecular weight excluding hydrogens is 306 g/mol. The molecule has 0 aromatic carbocycles. The highest BCUT2D eigenvalue weighted by Gasteiger charge is 2.35. The van der Waals surface area contributed by atoms with E-state index in [-0.39, 0.29) is 5.41 Å². The van der Waals surface area contributed by atoms with E-state index in [9.17, 15) is 5.26 Å². The van der Waals surface area contributed by atoms with Gasteiger partial charge in [-0.1, -0.05) is 52.4 Å². The summed E-state index contributed by atoms with van der Waals surface area (Å²) in [6, 6.07) is 2.66. The van der Waals surface area contributed by atoms with Crippen LogP contribution in [0.15, 0.2) is 0 Å². The van der Waals surface area contributed by atoms with Gasteiger partial charge in [0.1, 0.15) is 0 Å². The third kappa shape index (κ3) is 6.93. The molecule has 0 N–H and O–H groups in total. The highest BCUT2D eigenvalue weighted by Crippen LogP contribution is 2.42. The number of hydrogen-bond donors (Lipinski definition) is 0. The van der Waals surface area contributed by atoms with Gasteiger partial charge in [0.05, 0.1) is 17.6 Å². The van der Waals surface area contributed by atoms with Gasteiger partial charge in [-0.05, 0) is 69.6 Å². The van der Waals surface area contributed by atoms with E-state index in [4.69, 9.17) is 4.74 Å². The standard InChI is InChI=1S/C23H41NO/c1-3-5-7-8-20-9-11-22(12-10-20)25-18-21-13-16-23(19-24,17-14-21)15-6-4-2/h20-22H,3-18H2,1-2H3/t20-,21-,22-,23-. The predicted molar refractivity (Wildman–Crippen MR) is 105 cm³/mol.